The van der Waals surface area contributed by atoms with Crippen LogP contribution < -0.4 is 10.5 Å². The monoisotopic (exact) mass is 338 g/mol. The highest BCUT2D eigenvalue weighted by atomic mass is 16.5. The van der Waals surface area contributed by atoms with Crippen molar-refractivity contribution in [2.45, 2.75) is 13.5 Å². The van der Waals surface area contributed by atoms with Crippen molar-refractivity contribution >= 4 is 11.8 Å². The van der Waals surface area contributed by atoms with Crippen LogP contribution in [0.2, 0.25) is 0 Å². The first-order valence-electron chi connectivity index (χ1n) is 8.40. The van der Waals surface area contributed by atoms with E-state index in [1.165, 1.54) is 0 Å². The molecule has 1 aliphatic rings. The molecular weight excluding hydrogens is 316 g/mol. The molecule has 1 fully saturated rings. The summed E-state index contributed by atoms with van der Waals surface area (Å²) in [6.45, 7) is 3.36. The average Bonchev–Trinajstić information content (AvgIpc) is 3.03. The summed E-state index contributed by atoms with van der Waals surface area (Å²) in [5.41, 5.74) is 7.00. The van der Waals surface area contributed by atoms with Crippen molar-refractivity contribution in [3.05, 3.63) is 65.7 Å². The van der Waals surface area contributed by atoms with Gasteiger partial charge in [-0.05, 0) is 35.7 Å². The zero-order chi connectivity index (χ0) is 17.8. The molecule has 0 radical (unpaired) electrons. The Balaban J connectivity index is 1.60. The van der Waals surface area contributed by atoms with Gasteiger partial charge < -0.3 is 15.4 Å². The first-order valence-corrected chi connectivity index (χ1v) is 8.40. The van der Waals surface area contributed by atoms with Crippen LogP contribution in [0.25, 0.3) is 0 Å². The quantitative estimate of drug-likeness (QED) is 0.910. The summed E-state index contributed by atoms with van der Waals surface area (Å²) >= 11 is 0. The minimum Gasteiger partial charge on any atom is -0.489 e. The Bertz CT molecular complexity index is 743. The van der Waals surface area contributed by atoms with Crippen molar-refractivity contribution in [1.29, 1.82) is 0 Å². The second kappa shape index (κ2) is 7.38. The van der Waals surface area contributed by atoms with E-state index in [-0.39, 0.29) is 23.7 Å². The third-order valence-corrected chi connectivity index (χ3v) is 4.61. The van der Waals surface area contributed by atoms with Crippen LogP contribution in [0.5, 0.6) is 5.75 Å². The van der Waals surface area contributed by atoms with Gasteiger partial charge in [0, 0.05) is 18.7 Å². The number of hydrogen-bond donors (Lipinski definition) is 1. The van der Waals surface area contributed by atoms with Gasteiger partial charge in [-0.3, -0.25) is 9.59 Å². The van der Waals surface area contributed by atoms with Crippen LogP contribution in [0.1, 0.15) is 22.8 Å². The fraction of sp³-hybridized carbons (Fsp3) is 0.300. The topological polar surface area (TPSA) is 72.6 Å². The van der Waals surface area contributed by atoms with E-state index in [9.17, 15) is 9.59 Å². The van der Waals surface area contributed by atoms with Crippen molar-refractivity contribution in [3.63, 3.8) is 0 Å². The number of ether oxygens (including phenoxy) is 1. The van der Waals surface area contributed by atoms with Crippen molar-refractivity contribution < 1.29 is 14.3 Å². The zero-order valence-electron chi connectivity index (χ0n) is 14.2. The van der Waals surface area contributed by atoms with Gasteiger partial charge in [0.25, 0.3) is 5.91 Å². The SMILES string of the molecule is C[C@@H]1CN(C(=O)c2ccc(COc3ccccc3)cc2)C[C@H]1C(N)=O. The molecule has 0 bridgehead atoms. The van der Waals surface area contributed by atoms with Crippen molar-refractivity contribution in [3.8, 4) is 5.75 Å². The third-order valence-electron chi connectivity index (χ3n) is 4.61. The summed E-state index contributed by atoms with van der Waals surface area (Å²) in [6, 6.07) is 17.0. The predicted molar refractivity (Wildman–Crippen MR) is 95.0 cm³/mol. The largest absolute Gasteiger partial charge is 0.489 e. The van der Waals surface area contributed by atoms with Crippen molar-refractivity contribution in [2.24, 2.45) is 17.6 Å². The lowest BCUT2D eigenvalue weighted by Crippen LogP contribution is -2.32. The first kappa shape index (κ1) is 17.0. The molecule has 2 N–H and O–H groups in total. The smallest absolute Gasteiger partial charge is 0.253 e. The minimum atomic E-state index is -0.337. The van der Waals surface area contributed by atoms with Gasteiger partial charge >= 0.3 is 0 Å². The van der Waals surface area contributed by atoms with E-state index in [2.05, 4.69) is 0 Å². The van der Waals surface area contributed by atoms with E-state index in [0.717, 1.165) is 11.3 Å². The molecule has 0 aliphatic carbocycles. The van der Waals surface area contributed by atoms with Crippen LogP contribution in [0, 0.1) is 11.8 Å². The highest BCUT2D eigenvalue weighted by Crippen LogP contribution is 2.24. The van der Waals surface area contributed by atoms with Gasteiger partial charge in [-0.1, -0.05) is 37.3 Å². The highest BCUT2D eigenvalue weighted by Gasteiger charge is 2.35. The maximum absolute atomic E-state index is 12.6. The molecule has 0 unspecified atom stereocenters. The number of amides is 2. The van der Waals surface area contributed by atoms with Gasteiger partial charge in [-0.25, -0.2) is 0 Å². The number of primary amides is 1. The van der Waals surface area contributed by atoms with E-state index in [1.807, 2.05) is 49.4 Å². The Kier molecular flexibility index (Phi) is 5.03. The molecule has 2 amide bonds. The van der Waals surface area contributed by atoms with Crippen LogP contribution >= 0.6 is 0 Å². The summed E-state index contributed by atoms with van der Waals surface area (Å²) < 4.78 is 5.70. The van der Waals surface area contributed by atoms with E-state index in [4.69, 9.17) is 10.5 Å². The normalized spacial score (nSPS) is 19.6. The number of nitrogens with two attached hydrogens (primary N) is 1. The van der Waals surface area contributed by atoms with E-state index >= 15 is 0 Å². The molecular formula is C20H22N2O3. The minimum absolute atomic E-state index is 0.0638. The zero-order valence-corrected chi connectivity index (χ0v) is 14.2. The van der Waals surface area contributed by atoms with Crippen molar-refractivity contribution in [1.82, 2.24) is 4.90 Å². The predicted octanol–water partition coefficient (Wildman–Crippen LogP) is 2.46. The maximum atomic E-state index is 12.6. The lowest BCUT2D eigenvalue weighted by atomic mass is 9.98. The third kappa shape index (κ3) is 3.99. The summed E-state index contributed by atoms with van der Waals surface area (Å²) in [5.74, 6) is 0.246. The Morgan fingerprint density at radius 2 is 1.76 bits per heavy atom. The number of carbonyl (C=O) groups excluding carboxylic acids is 2. The molecule has 2 aromatic rings. The number of nitrogens with zero attached hydrogens (tertiary/aromatic N) is 1. The Morgan fingerprint density at radius 1 is 1.08 bits per heavy atom. The number of likely N-dealkylation sites (tertiary alicyclic amines) is 1. The molecule has 0 spiro atoms. The van der Waals surface area contributed by atoms with Crippen LogP contribution in [0.4, 0.5) is 0 Å². The van der Waals surface area contributed by atoms with Crippen molar-refractivity contribution in [2.75, 3.05) is 13.1 Å². The molecule has 2 atom stereocenters. The van der Waals surface area contributed by atoms with Gasteiger partial charge in [-0.2, -0.15) is 0 Å². The van der Waals surface area contributed by atoms with Crippen LogP contribution in [0.3, 0.4) is 0 Å². The number of para-hydroxylation sites is 1. The lowest BCUT2D eigenvalue weighted by Gasteiger charge is -2.16. The second-order valence-corrected chi connectivity index (χ2v) is 6.49. The number of rotatable bonds is 5. The molecule has 25 heavy (non-hydrogen) atoms. The van der Waals surface area contributed by atoms with Gasteiger partial charge in [-0.15, -0.1) is 0 Å². The molecule has 0 aromatic heterocycles. The Labute approximate surface area is 147 Å². The maximum Gasteiger partial charge on any atom is 0.253 e. The summed E-state index contributed by atoms with van der Waals surface area (Å²) in [5, 5.41) is 0. The molecule has 5 nitrogen and oxygen atoms in total. The average molecular weight is 338 g/mol. The van der Waals surface area contributed by atoms with Gasteiger partial charge in [0.15, 0.2) is 0 Å². The molecule has 1 heterocycles. The van der Waals surface area contributed by atoms with E-state index < -0.39 is 0 Å². The molecule has 5 heteroatoms. The molecule has 3 rings (SSSR count). The second-order valence-electron chi connectivity index (χ2n) is 6.49. The van der Waals surface area contributed by atoms with Gasteiger partial charge in [0.2, 0.25) is 5.91 Å². The summed E-state index contributed by atoms with van der Waals surface area (Å²) in [7, 11) is 0. The van der Waals surface area contributed by atoms with E-state index in [1.54, 1.807) is 17.0 Å². The molecule has 1 aliphatic heterocycles. The van der Waals surface area contributed by atoms with Crippen LogP contribution in [-0.4, -0.2) is 29.8 Å². The molecule has 2 aromatic carbocycles. The van der Waals surface area contributed by atoms with Crippen LogP contribution in [0.15, 0.2) is 54.6 Å². The number of hydrogen-bond acceptors (Lipinski definition) is 3. The number of carbonyl (C=O) groups is 2. The fourth-order valence-electron chi connectivity index (χ4n) is 3.11. The van der Waals surface area contributed by atoms with Gasteiger partial charge in [0.05, 0.1) is 5.92 Å². The standard InChI is InChI=1S/C20H22N2O3/c1-14-11-22(12-18(14)19(21)23)20(24)16-9-7-15(8-10-16)13-25-17-5-3-2-4-6-17/h2-10,14,18H,11-13H2,1H3,(H2,21,23)/t14-,18-/m1/s1. The lowest BCUT2D eigenvalue weighted by molar-refractivity contribution is -0.122. The summed E-state index contributed by atoms with van der Waals surface area (Å²) in [6.07, 6.45) is 0. The molecule has 130 valence electrons. The van der Waals surface area contributed by atoms with Crippen LogP contribution in [-0.2, 0) is 11.4 Å². The fourth-order valence-corrected chi connectivity index (χ4v) is 3.11. The highest BCUT2D eigenvalue weighted by molar-refractivity contribution is 5.95. The molecule has 1 saturated heterocycles. The molecule has 0 saturated carbocycles. The van der Waals surface area contributed by atoms with Gasteiger partial charge in [0.1, 0.15) is 12.4 Å². The Morgan fingerprint density at radius 3 is 2.36 bits per heavy atom. The Hall–Kier alpha value is -2.82. The number of benzene rings is 2. The van der Waals surface area contributed by atoms with E-state index in [0.29, 0.717) is 25.3 Å². The summed E-state index contributed by atoms with van der Waals surface area (Å²) in [4.78, 5) is 25.7. The first-order chi connectivity index (χ1) is 12.0.